The minimum Gasteiger partial charge on any atom is -0.333 e. The minimum atomic E-state index is -0.215. The molecule has 0 fully saturated rings. The third-order valence-corrected chi connectivity index (χ3v) is 4.26. The van der Waals surface area contributed by atoms with E-state index in [2.05, 4.69) is 25.9 Å². The van der Waals surface area contributed by atoms with Crippen LogP contribution in [0.15, 0.2) is 39.8 Å². The summed E-state index contributed by atoms with van der Waals surface area (Å²) >= 11 is 9.73. The first-order valence-corrected chi connectivity index (χ1v) is 6.96. The van der Waals surface area contributed by atoms with Crippen molar-refractivity contribution in [3.05, 3.63) is 51.2 Å². The summed E-state index contributed by atoms with van der Waals surface area (Å²) in [6, 6.07) is 6.67. The van der Waals surface area contributed by atoms with E-state index in [0.29, 0.717) is 15.3 Å². The first-order chi connectivity index (χ1) is 8.16. The second-order valence-corrected chi connectivity index (χ2v) is 5.51. The van der Waals surface area contributed by atoms with Crippen molar-refractivity contribution in [2.75, 3.05) is 0 Å². The Morgan fingerprint density at radius 2 is 2.18 bits per heavy atom. The maximum absolute atomic E-state index is 13.4. The maximum atomic E-state index is 13.4. The molecule has 0 spiro atoms. The normalized spacial score (nSPS) is 10.5. The van der Waals surface area contributed by atoms with Gasteiger partial charge in [0.05, 0.1) is 10.2 Å². The molecular formula is C11H8BrFN2S2. The molecule has 0 radical (unpaired) electrons. The standard InChI is InChI=1S/C11H8BrFN2S2/c12-7-5-14-10(15-11(7)16)6-17-9-4-2-1-3-8(9)13/h1-5H,6H2,(H,14,15,16). The van der Waals surface area contributed by atoms with Crippen molar-refractivity contribution in [2.45, 2.75) is 10.6 Å². The van der Waals surface area contributed by atoms with Crippen LogP contribution in [0.5, 0.6) is 0 Å². The zero-order chi connectivity index (χ0) is 12.3. The van der Waals surface area contributed by atoms with Crippen molar-refractivity contribution in [1.29, 1.82) is 0 Å². The maximum Gasteiger partial charge on any atom is 0.136 e. The lowest BCUT2D eigenvalue weighted by atomic mass is 10.3. The molecule has 17 heavy (non-hydrogen) atoms. The Morgan fingerprint density at radius 1 is 1.41 bits per heavy atom. The van der Waals surface area contributed by atoms with Crippen LogP contribution in [0.25, 0.3) is 0 Å². The second-order valence-electron chi connectivity index (χ2n) is 3.23. The molecule has 1 heterocycles. The predicted octanol–water partition coefficient (Wildman–Crippen LogP) is 4.33. The Bertz CT molecular complexity index is 586. The number of rotatable bonds is 3. The van der Waals surface area contributed by atoms with Gasteiger partial charge in [0.25, 0.3) is 0 Å². The zero-order valence-electron chi connectivity index (χ0n) is 8.61. The van der Waals surface area contributed by atoms with Crippen LogP contribution < -0.4 is 0 Å². The summed E-state index contributed by atoms with van der Waals surface area (Å²) in [5, 5.41) is 0. The molecule has 0 saturated heterocycles. The molecule has 1 N–H and O–H groups in total. The van der Waals surface area contributed by atoms with E-state index in [0.717, 1.165) is 10.3 Å². The highest BCUT2D eigenvalue weighted by Crippen LogP contribution is 2.24. The summed E-state index contributed by atoms with van der Waals surface area (Å²) in [6.07, 6.45) is 1.65. The lowest BCUT2D eigenvalue weighted by Crippen LogP contribution is -1.93. The van der Waals surface area contributed by atoms with Gasteiger partial charge in [-0.25, -0.2) is 9.37 Å². The van der Waals surface area contributed by atoms with E-state index in [1.807, 2.05) is 6.07 Å². The van der Waals surface area contributed by atoms with Crippen molar-refractivity contribution in [3.63, 3.8) is 0 Å². The fourth-order valence-electron chi connectivity index (χ4n) is 1.20. The molecule has 0 bridgehead atoms. The summed E-state index contributed by atoms with van der Waals surface area (Å²) in [5.74, 6) is 1.07. The number of nitrogens with zero attached hydrogens (tertiary/aromatic N) is 1. The first kappa shape index (κ1) is 12.7. The Kier molecular flexibility index (Phi) is 4.31. The molecule has 0 saturated carbocycles. The Labute approximate surface area is 116 Å². The van der Waals surface area contributed by atoms with E-state index in [9.17, 15) is 4.39 Å². The summed E-state index contributed by atoms with van der Waals surface area (Å²) in [4.78, 5) is 7.76. The second kappa shape index (κ2) is 5.75. The van der Waals surface area contributed by atoms with Gasteiger partial charge in [-0.3, -0.25) is 0 Å². The van der Waals surface area contributed by atoms with Gasteiger partial charge in [-0.05, 0) is 28.1 Å². The Morgan fingerprint density at radius 3 is 2.88 bits per heavy atom. The van der Waals surface area contributed by atoms with Gasteiger partial charge in [0.15, 0.2) is 0 Å². The van der Waals surface area contributed by atoms with Crippen LogP contribution in [-0.2, 0) is 5.75 Å². The van der Waals surface area contributed by atoms with Gasteiger partial charge in [0, 0.05) is 11.1 Å². The molecule has 2 rings (SSSR count). The third kappa shape index (κ3) is 3.37. The summed E-state index contributed by atoms with van der Waals surface area (Å²) in [7, 11) is 0. The smallest absolute Gasteiger partial charge is 0.136 e. The number of benzene rings is 1. The number of H-pyrrole nitrogens is 1. The molecule has 1 aromatic carbocycles. The quantitative estimate of drug-likeness (QED) is 0.670. The molecule has 88 valence electrons. The van der Waals surface area contributed by atoms with Crippen LogP contribution in [-0.4, -0.2) is 9.97 Å². The molecule has 0 aliphatic carbocycles. The average molecular weight is 331 g/mol. The number of aromatic nitrogens is 2. The summed E-state index contributed by atoms with van der Waals surface area (Å²) in [5.41, 5.74) is 0. The monoisotopic (exact) mass is 330 g/mol. The molecule has 0 atom stereocenters. The van der Waals surface area contributed by atoms with Gasteiger partial charge >= 0.3 is 0 Å². The Balaban J connectivity index is 2.10. The molecule has 0 amide bonds. The highest BCUT2D eigenvalue weighted by atomic mass is 79.9. The molecule has 0 aliphatic rings. The number of hydrogen-bond donors (Lipinski definition) is 1. The number of thioether (sulfide) groups is 1. The van der Waals surface area contributed by atoms with E-state index in [4.69, 9.17) is 12.2 Å². The van der Waals surface area contributed by atoms with E-state index < -0.39 is 0 Å². The molecule has 1 aromatic heterocycles. The van der Waals surface area contributed by atoms with E-state index in [1.165, 1.54) is 17.8 Å². The highest BCUT2D eigenvalue weighted by Gasteiger charge is 2.03. The van der Waals surface area contributed by atoms with Gasteiger partial charge in [-0.15, -0.1) is 11.8 Å². The van der Waals surface area contributed by atoms with Crippen LogP contribution in [0.4, 0.5) is 4.39 Å². The predicted molar refractivity (Wildman–Crippen MR) is 73.1 cm³/mol. The fourth-order valence-corrected chi connectivity index (χ4v) is 2.39. The van der Waals surface area contributed by atoms with Crippen molar-refractivity contribution >= 4 is 39.9 Å². The van der Waals surface area contributed by atoms with Crippen LogP contribution in [0.2, 0.25) is 0 Å². The average Bonchev–Trinajstić information content (AvgIpc) is 2.32. The number of nitrogens with one attached hydrogen (secondary N) is 1. The number of halogens is 2. The van der Waals surface area contributed by atoms with Gasteiger partial charge in [-0.1, -0.05) is 24.4 Å². The first-order valence-electron chi connectivity index (χ1n) is 4.78. The largest absolute Gasteiger partial charge is 0.333 e. The highest BCUT2D eigenvalue weighted by molar-refractivity contribution is 9.10. The third-order valence-electron chi connectivity index (χ3n) is 2.01. The van der Waals surface area contributed by atoms with Crippen LogP contribution >= 0.6 is 39.9 Å². The molecule has 6 heteroatoms. The lowest BCUT2D eigenvalue weighted by molar-refractivity contribution is 0.602. The molecule has 0 aliphatic heterocycles. The molecule has 2 aromatic rings. The van der Waals surface area contributed by atoms with Gasteiger partial charge in [0.1, 0.15) is 16.3 Å². The SMILES string of the molecule is Fc1ccccc1SCc1ncc(Br)c(=S)[nH]1. The van der Waals surface area contributed by atoms with Gasteiger partial charge in [0.2, 0.25) is 0 Å². The van der Waals surface area contributed by atoms with Crippen LogP contribution in [0, 0.1) is 10.5 Å². The minimum absolute atomic E-state index is 0.215. The fraction of sp³-hybridized carbons (Fsp3) is 0.0909. The molecule has 2 nitrogen and oxygen atoms in total. The summed E-state index contributed by atoms with van der Waals surface area (Å²) in [6.45, 7) is 0. The lowest BCUT2D eigenvalue weighted by Gasteiger charge is -2.03. The topological polar surface area (TPSA) is 28.7 Å². The van der Waals surface area contributed by atoms with E-state index in [-0.39, 0.29) is 5.82 Å². The zero-order valence-corrected chi connectivity index (χ0v) is 11.8. The van der Waals surface area contributed by atoms with Crippen molar-refractivity contribution in [3.8, 4) is 0 Å². The summed E-state index contributed by atoms with van der Waals surface area (Å²) < 4.78 is 14.7. The van der Waals surface area contributed by atoms with Crippen molar-refractivity contribution < 1.29 is 4.39 Å². The van der Waals surface area contributed by atoms with E-state index in [1.54, 1.807) is 18.3 Å². The molecular weight excluding hydrogens is 323 g/mol. The van der Waals surface area contributed by atoms with Gasteiger partial charge in [-0.2, -0.15) is 0 Å². The van der Waals surface area contributed by atoms with Crippen molar-refractivity contribution in [2.24, 2.45) is 0 Å². The van der Waals surface area contributed by atoms with Crippen LogP contribution in [0.1, 0.15) is 5.82 Å². The number of hydrogen-bond acceptors (Lipinski definition) is 3. The van der Waals surface area contributed by atoms with Crippen LogP contribution in [0.3, 0.4) is 0 Å². The van der Waals surface area contributed by atoms with Gasteiger partial charge < -0.3 is 4.98 Å². The Hall–Kier alpha value is -0.720. The molecule has 0 unspecified atom stereocenters. The number of aromatic amines is 1. The van der Waals surface area contributed by atoms with Crippen molar-refractivity contribution in [1.82, 2.24) is 9.97 Å². The van der Waals surface area contributed by atoms with E-state index >= 15 is 0 Å².